The predicted molar refractivity (Wildman–Crippen MR) is 109 cm³/mol. The van der Waals surface area contributed by atoms with Crippen molar-refractivity contribution < 1.29 is 4.79 Å². The summed E-state index contributed by atoms with van der Waals surface area (Å²) in [6.07, 6.45) is 1.50. The Balaban J connectivity index is 1.55. The van der Waals surface area contributed by atoms with Crippen LogP contribution in [0.5, 0.6) is 0 Å². The zero-order valence-electron chi connectivity index (χ0n) is 14.5. The lowest BCUT2D eigenvalue weighted by Crippen LogP contribution is -2.29. The Morgan fingerprint density at radius 1 is 1.15 bits per heavy atom. The first kappa shape index (κ1) is 18.3. The van der Waals surface area contributed by atoms with Crippen LogP contribution in [-0.4, -0.2) is 38.7 Å². The van der Waals surface area contributed by atoms with E-state index in [-0.39, 0.29) is 5.91 Å². The van der Waals surface area contributed by atoms with Crippen LogP contribution in [0.25, 0.3) is 5.82 Å². The van der Waals surface area contributed by atoms with E-state index in [1.165, 1.54) is 6.33 Å². The second-order valence-corrected chi connectivity index (χ2v) is 7.04. The van der Waals surface area contributed by atoms with Gasteiger partial charge in [-0.05, 0) is 60.7 Å². The Morgan fingerprint density at radius 2 is 2.00 bits per heavy atom. The number of halogens is 1. The lowest BCUT2D eigenvalue weighted by atomic mass is 10.2. The molecule has 0 bridgehead atoms. The van der Waals surface area contributed by atoms with Crippen molar-refractivity contribution in [2.75, 3.05) is 18.4 Å². The smallest absolute Gasteiger partial charge is 0.251 e. The van der Waals surface area contributed by atoms with Crippen molar-refractivity contribution in [1.82, 2.24) is 25.1 Å². The normalized spacial score (nSPS) is 10.6. The average Bonchev–Trinajstić information content (AvgIpc) is 2.97. The van der Waals surface area contributed by atoms with Crippen molar-refractivity contribution >= 4 is 34.3 Å². The maximum Gasteiger partial charge on any atom is 0.251 e. The molecule has 3 rings (SSSR count). The first-order valence-corrected chi connectivity index (χ1v) is 9.24. The fourth-order valence-electron chi connectivity index (χ4n) is 2.52. The van der Waals surface area contributed by atoms with E-state index >= 15 is 0 Å². The lowest BCUT2D eigenvalue weighted by molar-refractivity contribution is 0.0955. The summed E-state index contributed by atoms with van der Waals surface area (Å²) in [5.41, 5.74) is 2.61. The van der Waals surface area contributed by atoms with E-state index in [0.29, 0.717) is 30.3 Å². The molecule has 0 aliphatic rings. The first-order valence-electron chi connectivity index (χ1n) is 8.16. The molecule has 7 nitrogen and oxygen atoms in total. The highest BCUT2D eigenvalue weighted by Crippen LogP contribution is 2.12. The van der Waals surface area contributed by atoms with Crippen LogP contribution in [0.1, 0.15) is 21.7 Å². The van der Waals surface area contributed by atoms with Crippen LogP contribution in [0, 0.1) is 17.4 Å². The predicted octanol–water partition coefficient (Wildman–Crippen LogP) is 2.73. The van der Waals surface area contributed by atoms with Crippen LogP contribution in [-0.2, 0) is 0 Å². The standard InChI is InChI=1S/C18H19IN6O/c1-12-8-13(2)25(24-12)17-10-16(22-11-23-17)20-6-7-21-18(26)14-4-3-5-15(19)9-14/h3-5,8-11H,6-7H2,1-2H3,(H,21,26)(H,20,22,23). The molecule has 1 aromatic carbocycles. The number of carbonyl (C=O) groups is 1. The van der Waals surface area contributed by atoms with Crippen LogP contribution in [0.15, 0.2) is 42.7 Å². The van der Waals surface area contributed by atoms with E-state index in [9.17, 15) is 4.79 Å². The quantitative estimate of drug-likeness (QED) is 0.435. The molecule has 2 heterocycles. The Kier molecular flexibility index (Phi) is 5.82. The fraction of sp³-hybridized carbons (Fsp3) is 0.222. The highest BCUT2D eigenvalue weighted by Gasteiger charge is 2.07. The minimum absolute atomic E-state index is 0.0867. The number of hydrogen-bond acceptors (Lipinski definition) is 5. The summed E-state index contributed by atoms with van der Waals surface area (Å²) in [5, 5.41) is 10.5. The Morgan fingerprint density at radius 3 is 2.73 bits per heavy atom. The highest BCUT2D eigenvalue weighted by atomic mass is 127. The van der Waals surface area contributed by atoms with Crippen LogP contribution in [0.2, 0.25) is 0 Å². The van der Waals surface area contributed by atoms with Gasteiger partial charge >= 0.3 is 0 Å². The zero-order valence-corrected chi connectivity index (χ0v) is 16.7. The lowest BCUT2D eigenvalue weighted by Gasteiger charge is -2.09. The molecule has 26 heavy (non-hydrogen) atoms. The van der Waals surface area contributed by atoms with Crippen LogP contribution >= 0.6 is 22.6 Å². The second-order valence-electron chi connectivity index (χ2n) is 5.79. The van der Waals surface area contributed by atoms with E-state index in [1.54, 1.807) is 10.7 Å². The van der Waals surface area contributed by atoms with E-state index in [0.717, 1.165) is 15.0 Å². The van der Waals surface area contributed by atoms with Gasteiger partial charge in [0, 0.05) is 34.0 Å². The van der Waals surface area contributed by atoms with Gasteiger partial charge in [-0.15, -0.1) is 0 Å². The van der Waals surface area contributed by atoms with E-state index in [2.05, 4.69) is 48.3 Å². The molecule has 0 radical (unpaired) electrons. The van der Waals surface area contributed by atoms with Crippen molar-refractivity contribution in [2.45, 2.75) is 13.8 Å². The van der Waals surface area contributed by atoms with E-state index in [4.69, 9.17) is 0 Å². The maximum atomic E-state index is 12.1. The Labute approximate surface area is 165 Å². The number of hydrogen-bond donors (Lipinski definition) is 2. The molecule has 8 heteroatoms. The number of benzene rings is 1. The monoisotopic (exact) mass is 462 g/mol. The number of carbonyl (C=O) groups excluding carboxylic acids is 1. The van der Waals surface area contributed by atoms with Gasteiger partial charge in [-0.2, -0.15) is 5.10 Å². The summed E-state index contributed by atoms with van der Waals surface area (Å²) in [6, 6.07) is 11.3. The molecular formula is C18H19IN6O. The number of anilines is 1. The van der Waals surface area contributed by atoms with Crippen molar-refractivity contribution in [1.29, 1.82) is 0 Å². The number of nitrogens with one attached hydrogen (secondary N) is 2. The van der Waals surface area contributed by atoms with Gasteiger partial charge in [0.1, 0.15) is 12.1 Å². The molecule has 0 atom stereocenters. The van der Waals surface area contributed by atoms with Gasteiger partial charge in [0.2, 0.25) is 0 Å². The summed E-state index contributed by atoms with van der Waals surface area (Å²) >= 11 is 2.19. The topological polar surface area (TPSA) is 84.7 Å². The molecule has 2 aromatic heterocycles. The molecule has 2 N–H and O–H groups in total. The minimum atomic E-state index is -0.0867. The Hall–Kier alpha value is -2.49. The number of aromatic nitrogens is 4. The fourth-order valence-corrected chi connectivity index (χ4v) is 3.06. The summed E-state index contributed by atoms with van der Waals surface area (Å²) < 4.78 is 2.81. The van der Waals surface area contributed by atoms with Gasteiger partial charge < -0.3 is 10.6 Å². The van der Waals surface area contributed by atoms with Crippen molar-refractivity contribution in [3.05, 3.63) is 63.2 Å². The zero-order chi connectivity index (χ0) is 18.5. The molecular weight excluding hydrogens is 443 g/mol. The van der Waals surface area contributed by atoms with Crippen molar-refractivity contribution in [2.24, 2.45) is 0 Å². The van der Waals surface area contributed by atoms with E-state index < -0.39 is 0 Å². The molecule has 0 spiro atoms. The van der Waals surface area contributed by atoms with Crippen LogP contribution in [0.3, 0.4) is 0 Å². The summed E-state index contributed by atoms with van der Waals surface area (Å²) in [5.74, 6) is 1.30. The third-order valence-electron chi connectivity index (χ3n) is 3.68. The van der Waals surface area contributed by atoms with Gasteiger partial charge in [-0.3, -0.25) is 4.79 Å². The average molecular weight is 462 g/mol. The highest BCUT2D eigenvalue weighted by molar-refractivity contribution is 14.1. The van der Waals surface area contributed by atoms with Gasteiger partial charge in [0.05, 0.1) is 5.69 Å². The summed E-state index contributed by atoms with van der Waals surface area (Å²) in [4.78, 5) is 20.6. The summed E-state index contributed by atoms with van der Waals surface area (Å²) in [6.45, 7) is 4.97. The van der Waals surface area contributed by atoms with Crippen molar-refractivity contribution in [3.8, 4) is 5.82 Å². The molecule has 0 unspecified atom stereocenters. The van der Waals surface area contributed by atoms with Crippen LogP contribution < -0.4 is 10.6 Å². The molecule has 0 saturated heterocycles. The maximum absolute atomic E-state index is 12.1. The SMILES string of the molecule is Cc1cc(C)n(-c2cc(NCCNC(=O)c3cccc(I)c3)ncn2)n1. The number of aryl methyl sites for hydroxylation is 2. The Bertz CT molecular complexity index is 924. The van der Waals surface area contributed by atoms with Gasteiger partial charge in [0.15, 0.2) is 5.82 Å². The van der Waals surface area contributed by atoms with Crippen LogP contribution in [0.4, 0.5) is 5.82 Å². The number of nitrogens with zero attached hydrogens (tertiary/aromatic N) is 4. The third kappa shape index (κ3) is 4.57. The number of rotatable bonds is 6. The largest absolute Gasteiger partial charge is 0.368 e. The molecule has 0 fully saturated rings. The summed E-state index contributed by atoms with van der Waals surface area (Å²) in [7, 11) is 0. The second kappa shape index (κ2) is 8.26. The first-order chi connectivity index (χ1) is 12.5. The van der Waals surface area contributed by atoms with Gasteiger partial charge in [0.25, 0.3) is 5.91 Å². The number of amides is 1. The minimum Gasteiger partial charge on any atom is -0.368 e. The third-order valence-corrected chi connectivity index (χ3v) is 4.35. The molecule has 0 aliphatic heterocycles. The molecule has 1 amide bonds. The van der Waals surface area contributed by atoms with Crippen molar-refractivity contribution in [3.63, 3.8) is 0 Å². The molecule has 0 saturated carbocycles. The molecule has 0 aliphatic carbocycles. The molecule has 3 aromatic rings. The van der Waals surface area contributed by atoms with Gasteiger partial charge in [-0.1, -0.05) is 6.07 Å². The van der Waals surface area contributed by atoms with Gasteiger partial charge in [-0.25, -0.2) is 14.6 Å². The molecule has 134 valence electrons. The van der Waals surface area contributed by atoms with E-state index in [1.807, 2.05) is 44.2 Å².